The third-order valence-corrected chi connectivity index (χ3v) is 4.68. The molecule has 0 bridgehead atoms. The summed E-state index contributed by atoms with van der Waals surface area (Å²) in [6.45, 7) is 0. The average molecular weight is 376 g/mol. The molecule has 1 N–H and O–H groups in total. The number of hydrogen-bond acceptors (Lipinski definition) is 5. The summed E-state index contributed by atoms with van der Waals surface area (Å²) in [7, 11) is 4.77. The second-order valence-electron chi connectivity index (χ2n) is 6.25. The molecule has 0 saturated carbocycles. The zero-order valence-corrected chi connectivity index (χ0v) is 15.8. The van der Waals surface area contributed by atoms with E-state index in [1.165, 1.54) is 0 Å². The van der Waals surface area contributed by atoms with E-state index in [0.717, 1.165) is 27.8 Å². The van der Waals surface area contributed by atoms with Crippen molar-refractivity contribution >= 4 is 11.0 Å². The SMILES string of the molecule is COc1cc(-n2cnc3ccc(-c4ccc(O)cc4)cc32)cc(OC)c1OC. The first-order valence-electron chi connectivity index (χ1n) is 8.71. The molecular weight excluding hydrogens is 356 g/mol. The maximum atomic E-state index is 9.53. The quantitative estimate of drug-likeness (QED) is 0.558. The molecule has 1 aromatic heterocycles. The van der Waals surface area contributed by atoms with Crippen LogP contribution >= 0.6 is 0 Å². The lowest BCUT2D eigenvalue weighted by Gasteiger charge is -2.15. The number of hydrogen-bond donors (Lipinski definition) is 1. The van der Waals surface area contributed by atoms with Gasteiger partial charge in [0.25, 0.3) is 0 Å². The molecule has 4 aromatic rings. The smallest absolute Gasteiger partial charge is 0.203 e. The molecule has 6 nitrogen and oxygen atoms in total. The van der Waals surface area contributed by atoms with Crippen molar-refractivity contribution in [3.8, 4) is 39.8 Å². The molecule has 0 aliphatic heterocycles. The number of phenolic OH excluding ortho intramolecular Hbond substituents is 1. The summed E-state index contributed by atoms with van der Waals surface area (Å²) >= 11 is 0. The Morgan fingerprint density at radius 2 is 1.43 bits per heavy atom. The molecule has 0 radical (unpaired) electrons. The van der Waals surface area contributed by atoms with Gasteiger partial charge in [0.15, 0.2) is 11.5 Å². The van der Waals surface area contributed by atoms with Gasteiger partial charge < -0.3 is 19.3 Å². The van der Waals surface area contributed by atoms with Gasteiger partial charge in [-0.15, -0.1) is 0 Å². The number of aromatic nitrogens is 2. The standard InChI is InChI=1S/C22H20N2O4/c1-26-20-11-16(12-21(27-2)22(20)28-3)24-13-23-18-9-6-15(10-19(18)24)14-4-7-17(25)8-5-14/h4-13,25H,1-3H3. The molecule has 6 heteroatoms. The van der Waals surface area contributed by atoms with Gasteiger partial charge in [0.2, 0.25) is 5.75 Å². The van der Waals surface area contributed by atoms with Gasteiger partial charge in [0.05, 0.1) is 38.1 Å². The van der Waals surface area contributed by atoms with E-state index in [1.54, 1.807) is 39.8 Å². The zero-order chi connectivity index (χ0) is 19.7. The van der Waals surface area contributed by atoms with E-state index < -0.39 is 0 Å². The third-order valence-electron chi connectivity index (χ3n) is 4.68. The molecule has 0 spiro atoms. The van der Waals surface area contributed by atoms with E-state index in [1.807, 2.05) is 41.0 Å². The lowest BCUT2D eigenvalue weighted by molar-refractivity contribution is 0.324. The normalized spacial score (nSPS) is 10.8. The number of rotatable bonds is 5. The Morgan fingerprint density at radius 1 is 0.786 bits per heavy atom. The van der Waals surface area contributed by atoms with Crippen LogP contribution in [0.4, 0.5) is 0 Å². The largest absolute Gasteiger partial charge is 0.508 e. The first-order valence-corrected chi connectivity index (χ1v) is 8.71. The van der Waals surface area contributed by atoms with Crippen LogP contribution in [0.3, 0.4) is 0 Å². The first kappa shape index (κ1) is 17.7. The molecule has 0 aliphatic rings. The minimum absolute atomic E-state index is 0.243. The number of aromatic hydroxyl groups is 1. The van der Waals surface area contributed by atoms with Crippen molar-refractivity contribution in [2.45, 2.75) is 0 Å². The van der Waals surface area contributed by atoms with E-state index in [2.05, 4.69) is 11.1 Å². The van der Waals surface area contributed by atoms with Gasteiger partial charge in [0.1, 0.15) is 12.1 Å². The summed E-state index contributed by atoms with van der Waals surface area (Å²) in [6.07, 6.45) is 1.77. The molecule has 1 heterocycles. The van der Waals surface area contributed by atoms with Gasteiger partial charge in [-0.25, -0.2) is 4.98 Å². The Kier molecular flexibility index (Phi) is 4.53. The fourth-order valence-corrected chi connectivity index (χ4v) is 3.25. The number of ether oxygens (including phenoxy) is 3. The van der Waals surface area contributed by atoms with Gasteiger partial charge in [-0.1, -0.05) is 18.2 Å². The van der Waals surface area contributed by atoms with Crippen LogP contribution in [0.5, 0.6) is 23.0 Å². The number of imidazole rings is 1. The third kappa shape index (κ3) is 2.99. The van der Waals surface area contributed by atoms with Gasteiger partial charge in [-0.05, 0) is 35.4 Å². The number of benzene rings is 3. The maximum absolute atomic E-state index is 9.53. The summed E-state index contributed by atoms with van der Waals surface area (Å²) in [6, 6.07) is 17.0. The topological polar surface area (TPSA) is 65.7 Å². The number of nitrogens with zero attached hydrogens (tertiary/aromatic N) is 2. The molecule has 0 atom stereocenters. The molecule has 142 valence electrons. The summed E-state index contributed by atoms with van der Waals surface area (Å²) in [5.41, 5.74) is 4.70. The Bertz CT molecular complexity index is 1110. The van der Waals surface area contributed by atoms with Crippen LogP contribution in [-0.4, -0.2) is 36.0 Å². The zero-order valence-electron chi connectivity index (χ0n) is 15.8. The minimum atomic E-state index is 0.243. The maximum Gasteiger partial charge on any atom is 0.203 e. The van der Waals surface area contributed by atoms with E-state index >= 15 is 0 Å². The fraction of sp³-hybridized carbons (Fsp3) is 0.136. The molecule has 0 aliphatic carbocycles. The highest BCUT2D eigenvalue weighted by Gasteiger charge is 2.15. The Hall–Kier alpha value is -3.67. The highest BCUT2D eigenvalue weighted by atomic mass is 16.5. The average Bonchev–Trinajstić information content (AvgIpc) is 3.16. The van der Waals surface area contributed by atoms with Crippen LogP contribution in [0, 0.1) is 0 Å². The number of fused-ring (bicyclic) bond motifs is 1. The second-order valence-corrected chi connectivity index (χ2v) is 6.25. The Labute approximate surface area is 162 Å². The van der Waals surface area contributed by atoms with E-state index in [-0.39, 0.29) is 5.75 Å². The molecular formula is C22H20N2O4. The predicted octanol–water partition coefficient (Wildman–Crippen LogP) is 4.42. The highest BCUT2D eigenvalue weighted by molar-refractivity contribution is 5.84. The van der Waals surface area contributed by atoms with Crippen LogP contribution < -0.4 is 14.2 Å². The van der Waals surface area contributed by atoms with Crippen molar-refractivity contribution in [3.05, 3.63) is 60.9 Å². The van der Waals surface area contributed by atoms with Gasteiger partial charge >= 0.3 is 0 Å². The van der Waals surface area contributed by atoms with Crippen LogP contribution in [-0.2, 0) is 0 Å². The molecule has 0 amide bonds. The lowest BCUT2D eigenvalue weighted by Crippen LogP contribution is -1.99. The second kappa shape index (κ2) is 7.15. The fourth-order valence-electron chi connectivity index (χ4n) is 3.25. The summed E-state index contributed by atoms with van der Waals surface area (Å²) in [5, 5.41) is 9.53. The molecule has 3 aromatic carbocycles. The Balaban J connectivity index is 1.87. The van der Waals surface area contributed by atoms with Gasteiger partial charge in [-0.3, -0.25) is 4.57 Å². The number of methoxy groups -OCH3 is 3. The number of phenols is 1. The first-order chi connectivity index (χ1) is 13.6. The van der Waals surface area contributed by atoms with Crippen LogP contribution in [0.1, 0.15) is 0 Å². The van der Waals surface area contributed by atoms with Crippen molar-refractivity contribution < 1.29 is 19.3 Å². The minimum Gasteiger partial charge on any atom is -0.508 e. The van der Waals surface area contributed by atoms with Gasteiger partial charge in [0, 0.05) is 12.1 Å². The summed E-state index contributed by atoms with van der Waals surface area (Å²) in [5.74, 6) is 1.94. The van der Waals surface area contributed by atoms with Crippen molar-refractivity contribution in [2.24, 2.45) is 0 Å². The monoisotopic (exact) mass is 376 g/mol. The molecule has 0 saturated heterocycles. The van der Waals surface area contributed by atoms with Crippen LogP contribution in [0.25, 0.3) is 27.8 Å². The highest BCUT2D eigenvalue weighted by Crippen LogP contribution is 2.40. The molecule has 0 fully saturated rings. The Morgan fingerprint density at radius 3 is 2.04 bits per heavy atom. The van der Waals surface area contributed by atoms with Crippen molar-refractivity contribution in [2.75, 3.05) is 21.3 Å². The molecule has 28 heavy (non-hydrogen) atoms. The van der Waals surface area contributed by atoms with E-state index in [0.29, 0.717) is 17.2 Å². The van der Waals surface area contributed by atoms with Crippen molar-refractivity contribution in [3.63, 3.8) is 0 Å². The van der Waals surface area contributed by atoms with Gasteiger partial charge in [-0.2, -0.15) is 0 Å². The van der Waals surface area contributed by atoms with Crippen molar-refractivity contribution in [1.29, 1.82) is 0 Å². The van der Waals surface area contributed by atoms with Crippen LogP contribution in [0.2, 0.25) is 0 Å². The predicted molar refractivity (Wildman–Crippen MR) is 108 cm³/mol. The lowest BCUT2D eigenvalue weighted by atomic mass is 10.0. The molecule has 4 rings (SSSR count). The summed E-state index contributed by atoms with van der Waals surface area (Å²) in [4.78, 5) is 4.51. The summed E-state index contributed by atoms with van der Waals surface area (Å²) < 4.78 is 18.3. The van der Waals surface area contributed by atoms with Crippen molar-refractivity contribution in [1.82, 2.24) is 9.55 Å². The van der Waals surface area contributed by atoms with Crippen LogP contribution in [0.15, 0.2) is 60.9 Å². The van der Waals surface area contributed by atoms with E-state index in [9.17, 15) is 5.11 Å². The van der Waals surface area contributed by atoms with E-state index in [4.69, 9.17) is 14.2 Å². The molecule has 0 unspecified atom stereocenters.